The number of hydrogen-bond donors (Lipinski definition) is 1. The van der Waals surface area contributed by atoms with E-state index in [4.69, 9.17) is 17.0 Å². The molecule has 1 saturated carbocycles. The first-order chi connectivity index (χ1) is 13.1. The summed E-state index contributed by atoms with van der Waals surface area (Å²) in [4.78, 5) is 16.6. The third-order valence-corrected chi connectivity index (χ3v) is 6.39. The molecule has 1 fully saturated rings. The first-order valence-corrected chi connectivity index (χ1v) is 10.5. The van der Waals surface area contributed by atoms with Gasteiger partial charge in [0.05, 0.1) is 5.57 Å². The second-order valence-electron chi connectivity index (χ2n) is 7.11. The van der Waals surface area contributed by atoms with Crippen molar-refractivity contribution >= 4 is 51.4 Å². The summed E-state index contributed by atoms with van der Waals surface area (Å²) in [5.74, 6) is 0.473. The lowest BCUT2D eigenvalue weighted by atomic mass is 9.86. The maximum atomic E-state index is 12.4. The molecule has 1 amide bonds. The molecule has 2 aliphatic heterocycles. The van der Waals surface area contributed by atoms with Crippen molar-refractivity contribution in [1.82, 2.24) is 5.01 Å². The monoisotopic (exact) mass is 400 g/mol. The molecule has 1 aromatic rings. The van der Waals surface area contributed by atoms with Crippen LogP contribution in [0.3, 0.4) is 0 Å². The number of benzene rings is 1. The Hall–Kier alpha value is -1.92. The van der Waals surface area contributed by atoms with E-state index in [9.17, 15) is 4.79 Å². The molecule has 0 atom stereocenters. The molecule has 3 aliphatic rings. The molecule has 0 unspecified atom stereocenters. The van der Waals surface area contributed by atoms with Crippen LogP contribution in [-0.2, 0) is 4.79 Å². The van der Waals surface area contributed by atoms with Crippen LogP contribution in [0.25, 0.3) is 6.08 Å². The van der Waals surface area contributed by atoms with Gasteiger partial charge >= 0.3 is 0 Å². The van der Waals surface area contributed by atoms with Crippen molar-refractivity contribution in [2.24, 2.45) is 16.0 Å². The highest BCUT2D eigenvalue weighted by Gasteiger charge is 2.35. The number of fused-ring (bicyclic) bond motifs is 1. The summed E-state index contributed by atoms with van der Waals surface area (Å²) in [5, 5.41) is 16.5. The number of aliphatic imine (C=N–C) groups is 1. The maximum Gasteiger partial charge on any atom is 0.283 e. The predicted octanol–water partition coefficient (Wildman–Crippen LogP) is 5.32. The van der Waals surface area contributed by atoms with Gasteiger partial charge in [-0.25, -0.2) is 0 Å². The van der Waals surface area contributed by atoms with Crippen LogP contribution in [0.4, 0.5) is 0 Å². The quantitative estimate of drug-likeness (QED) is 0.695. The molecule has 140 valence electrons. The highest BCUT2D eigenvalue weighted by Crippen LogP contribution is 2.33. The summed E-state index contributed by atoms with van der Waals surface area (Å²) < 4.78 is 0. The standard InChI is InChI=1S/C20H21ClN4OS/c21-15-9-6-14(7-10-15)12-16-18(22)25-20(23-19(16)26)27-17(24-25)11-8-13-4-2-1-3-5-13/h6-7,9-10,12-13,22H,1-5,8,11H2/b16-12-,22-18?. The molecule has 27 heavy (non-hydrogen) atoms. The summed E-state index contributed by atoms with van der Waals surface area (Å²) in [7, 11) is 0. The van der Waals surface area contributed by atoms with Gasteiger partial charge in [0.25, 0.3) is 5.91 Å². The second-order valence-corrected chi connectivity index (χ2v) is 8.58. The van der Waals surface area contributed by atoms with Gasteiger partial charge < -0.3 is 0 Å². The van der Waals surface area contributed by atoms with Gasteiger partial charge in [0.2, 0.25) is 5.17 Å². The molecular formula is C20H21ClN4OS. The number of nitrogens with one attached hydrogen (secondary N) is 1. The Labute approximate surface area is 168 Å². The summed E-state index contributed by atoms with van der Waals surface area (Å²) in [5.41, 5.74) is 1.05. The molecule has 1 aliphatic carbocycles. The number of amides is 1. The van der Waals surface area contributed by atoms with E-state index < -0.39 is 5.91 Å². The highest BCUT2D eigenvalue weighted by atomic mass is 35.5. The SMILES string of the molecule is N=C1/C(=C/c2ccc(Cl)cc2)C(=O)N=C2SC(CCC3CCCCC3)=NN12. The van der Waals surface area contributed by atoms with Gasteiger partial charge in [0.15, 0.2) is 5.84 Å². The zero-order valence-electron chi connectivity index (χ0n) is 14.9. The molecule has 4 rings (SSSR count). The zero-order chi connectivity index (χ0) is 18.8. The van der Waals surface area contributed by atoms with Crippen LogP contribution in [0.1, 0.15) is 50.5 Å². The van der Waals surface area contributed by atoms with Gasteiger partial charge in [0, 0.05) is 5.02 Å². The number of nitrogens with zero attached hydrogens (tertiary/aromatic N) is 3. The number of amidine groups is 2. The number of carbonyl (C=O) groups excluding carboxylic acids is 1. The minimum atomic E-state index is -0.391. The molecule has 0 bridgehead atoms. The van der Waals surface area contributed by atoms with Crippen molar-refractivity contribution in [2.75, 3.05) is 0 Å². The topological polar surface area (TPSA) is 68.9 Å². The van der Waals surface area contributed by atoms with Crippen LogP contribution in [0, 0.1) is 11.3 Å². The second kappa shape index (κ2) is 7.98. The number of halogens is 1. The molecule has 1 N–H and O–H groups in total. The predicted molar refractivity (Wildman–Crippen MR) is 112 cm³/mol. The Morgan fingerprint density at radius 1 is 1.22 bits per heavy atom. The van der Waals surface area contributed by atoms with E-state index in [-0.39, 0.29) is 11.4 Å². The minimum Gasteiger partial charge on any atom is -0.282 e. The molecule has 2 heterocycles. The van der Waals surface area contributed by atoms with E-state index in [0.717, 1.165) is 29.4 Å². The molecule has 1 aromatic carbocycles. The Balaban J connectivity index is 1.48. The largest absolute Gasteiger partial charge is 0.283 e. The average molecular weight is 401 g/mol. The van der Waals surface area contributed by atoms with Gasteiger partial charge in [-0.1, -0.05) is 55.8 Å². The Kier molecular flexibility index (Phi) is 5.45. The highest BCUT2D eigenvalue weighted by molar-refractivity contribution is 8.26. The van der Waals surface area contributed by atoms with Crippen molar-refractivity contribution in [2.45, 2.75) is 44.9 Å². The molecule has 0 spiro atoms. The number of thioether (sulfide) groups is 1. The maximum absolute atomic E-state index is 12.4. The van der Waals surface area contributed by atoms with Crippen molar-refractivity contribution in [3.63, 3.8) is 0 Å². The number of rotatable bonds is 4. The van der Waals surface area contributed by atoms with E-state index in [1.54, 1.807) is 18.2 Å². The number of carbonyl (C=O) groups is 1. The van der Waals surface area contributed by atoms with Gasteiger partial charge in [-0.3, -0.25) is 10.2 Å². The fourth-order valence-corrected chi connectivity index (χ4v) is 4.69. The van der Waals surface area contributed by atoms with Crippen LogP contribution in [0.5, 0.6) is 0 Å². The summed E-state index contributed by atoms with van der Waals surface area (Å²) in [6, 6.07) is 7.14. The Bertz CT molecular complexity index is 853. The molecule has 0 aromatic heterocycles. The van der Waals surface area contributed by atoms with Crippen LogP contribution >= 0.6 is 23.4 Å². The fraction of sp³-hybridized carbons (Fsp3) is 0.400. The van der Waals surface area contributed by atoms with Gasteiger partial charge in [-0.15, -0.1) is 0 Å². The van der Waals surface area contributed by atoms with Gasteiger partial charge in [-0.2, -0.15) is 15.1 Å². The van der Waals surface area contributed by atoms with E-state index in [1.165, 1.54) is 48.9 Å². The summed E-state index contributed by atoms with van der Waals surface area (Å²) >= 11 is 7.33. The van der Waals surface area contributed by atoms with Crippen LogP contribution < -0.4 is 0 Å². The molecule has 0 saturated heterocycles. The molecule has 7 heteroatoms. The van der Waals surface area contributed by atoms with E-state index in [2.05, 4.69) is 10.1 Å². The molecule has 5 nitrogen and oxygen atoms in total. The lowest BCUT2D eigenvalue weighted by molar-refractivity contribution is -0.114. The van der Waals surface area contributed by atoms with E-state index >= 15 is 0 Å². The van der Waals surface area contributed by atoms with Gasteiger partial charge in [0.1, 0.15) is 5.04 Å². The smallest absolute Gasteiger partial charge is 0.282 e. The lowest BCUT2D eigenvalue weighted by Crippen LogP contribution is -2.35. The van der Waals surface area contributed by atoms with Crippen molar-refractivity contribution in [3.8, 4) is 0 Å². The first kappa shape index (κ1) is 18.4. The minimum absolute atomic E-state index is 0.0834. The van der Waals surface area contributed by atoms with Crippen molar-refractivity contribution in [1.29, 1.82) is 5.41 Å². The van der Waals surface area contributed by atoms with Crippen LogP contribution in [0.15, 0.2) is 39.9 Å². The van der Waals surface area contributed by atoms with E-state index in [1.807, 2.05) is 12.1 Å². The summed E-state index contributed by atoms with van der Waals surface area (Å²) in [6.07, 6.45) is 10.3. The normalized spacial score (nSPS) is 22.1. The van der Waals surface area contributed by atoms with Crippen LogP contribution in [0.2, 0.25) is 5.02 Å². The Morgan fingerprint density at radius 2 is 1.96 bits per heavy atom. The molecular weight excluding hydrogens is 380 g/mol. The number of hydrazone groups is 1. The average Bonchev–Trinajstić information content (AvgIpc) is 3.09. The molecule has 0 radical (unpaired) electrons. The van der Waals surface area contributed by atoms with E-state index in [0.29, 0.717) is 10.2 Å². The van der Waals surface area contributed by atoms with Gasteiger partial charge in [-0.05, 0) is 54.3 Å². The third kappa shape index (κ3) is 4.17. The fourth-order valence-electron chi connectivity index (χ4n) is 3.66. The lowest BCUT2D eigenvalue weighted by Gasteiger charge is -2.20. The number of hydrogen-bond acceptors (Lipinski definition) is 4. The van der Waals surface area contributed by atoms with Crippen molar-refractivity contribution in [3.05, 3.63) is 40.4 Å². The summed E-state index contributed by atoms with van der Waals surface area (Å²) in [6.45, 7) is 0. The third-order valence-electron chi connectivity index (χ3n) is 5.17. The van der Waals surface area contributed by atoms with Crippen LogP contribution in [-0.4, -0.2) is 27.0 Å². The van der Waals surface area contributed by atoms with Crippen molar-refractivity contribution < 1.29 is 4.79 Å². The first-order valence-electron chi connectivity index (χ1n) is 9.35. The Morgan fingerprint density at radius 3 is 2.70 bits per heavy atom. The zero-order valence-corrected chi connectivity index (χ0v) is 16.5.